The lowest BCUT2D eigenvalue weighted by Crippen LogP contribution is -2.44. The van der Waals surface area contributed by atoms with Crippen molar-refractivity contribution in [1.29, 1.82) is 0 Å². The van der Waals surface area contributed by atoms with Gasteiger partial charge in [-0.05, 0) is 36.6 Å². The minimum absolute atomic E-state index is 0.245. The maximum atomic E-state index is 13.3. The van der Waals surface area contributed by atoms with Crippen molar-refractivity contribution in [2.45, 2.75) is 33.0 Å². The summed E-state index contributed by atoms with van der Waals surface area (Å²) in [6.45, 7) is 2.67. The van der Waals surface area contributed by atoms with E-state index in [0.29, 0.717) is 35.7 Å². The van der Waals surface area contributed by atoms with Crippen LogP contribution in [0.1, 0.15) is 18.1 Å². The third kappa shape index (κ3) is 4.90. The molecule has 0 saturated heterocycles. The summed E-state index contributed by atoms with van der Waals surface area (Å²) in [6.07, 6.45) is 2.15. The monoisotopic (exact) mass is 465 g/mol. The summed E-state index contributed by atoms with van der Waals surface area (Å²) in [4.78, 5) is 43.3. The van der Waals surface area contributed by atoms with E-state index in [9.17, 15) is 14.4 Å². The van der Waals surface area contributed by atoms with E-state index in [1.54, 1.807) is 23.0 Å². The molecule has 33 heavy (non-hydrogen) atoms. The molecule has 170 valence electrons. The minimum atomic E-state index is -0.564. The van der Waals surface area contributed by atoms with Crippen LogP contribution in [0.15, 0.2) is 70.5 Å². The van der Waals surface area contributed by atoms with Crippen LogP contribution in [0.3, 0.4) is 0 Å². The minimum Gasteiger partial charge on any atom is -0.354 e. The van der Waals surface area contributed by atoms with Crippen molar-refractivity contribution in [3.63, 3.8) is 0 Å². The number of halogens is 1. The molecular formula is C24H24ClN5O3. The van der Waals surface area contributed by atoms with Crippen molar-refractivity contribution >= 4 is 28.7 Å². The summed E-state index contributed by atoms with van der Waals surface area (Å²) in [5, 5.41) is 3.43. The fourth-order valence-electron chi connectivity index (χ4n) is 3.72. The van der Waals surface area contributed by atoms with Gasteiger partial charge in [0.2, 0.25) is 5.91 Å². The number of amides is 1. The molecule has 4 aromatic rings. The molecule has 0 aliphatic heterocycles. The Bertz CT molecular complexity index is 1390. The molecule has 0 aliphatic rings. The molecule has 2 aromatic heterocycles. The smallest absolute Gasteiger partial charge is 0.333 e. The van der Waals surface area contributed by atoms with Crippen molar-refractivity contribution in [2.24, 2.45) is 0 Å². The summed E-state index contributed by atoms with van der Waals surface area (Å²) in [5.74, 6) is -0.406. The molecule has 0 spiro atoms. The van der Waals surface area contributed by atoms with Crippen LogP contribution >= 0.6 is 11.6 Å². The number of hydrogen-bond acceptors (Lipinski definition) is 4. The molecule has 0 radical (unpaired) electrons. The first kappa shape index (κ1) is 22.5. The van der Waals surface area contributed by atoms with E-state index in [4.69, 9.17) is 11.6 Å². The third-order valence-electron chi connectivity index (χ3n) is 5.46. The number of nitrogens with one attached hydrogen (secondary N) is 1. The molecule has 0 aliphatic carbocycles. The second-order valence-corrected chi connectivity index (χ2v) is 8.11. The predicted octanol–water partition coefficient (Wildman–Crippen LogP) is 2.44. The molecule has 0 unspecified atom stereocenters. The van der Waals surface area contributed by atoms with Crippen LogP contribution in [0.2, 0.25) is 5.02 Å². The molecule has 1 N–H and O–H groups in total. The summed E-state index contributed by atoms with van der Waals surface area (Å²) >= 11 is 5.89. The first-order valence-electron chi connectivity index (χ1n) is 10.7. The second kappa shape index (κ2) is 9.87. The summed E-state index contributed by atoms with van der Waals surface area (Å²) in [5.41, 5.74) is 1.45. The van der Waals surface area contributed by atoms with Gasteiger partial charge in [-0.15, -0.1) is 0 Å². The standard InChI is InChI=1S/C24H24ClN5O3/c1-2-28-16-27-22-21(28)23(32)30(24(33)29(22)14-18-6-4-3-5-7-18)15-20(31)26-13-12-17-8-10-19(25)11-9-17/h3-11,16H,2,12-15H2,1H3,(H,26,31). The predicted molar refractivity (Wildman–Crippen MR) is 128 cm³/mol. The van der Waals surface area contributed by atoms with Gasteiger partial charge in [0.05, 0.1) is 12.9 Å². The number of hydrogen-bond donors (Lipinski definition) is 1. The van der Waals surface area contributed by atoms with E-state index in [-0.39, 0.29) is 13.1 Å². The number of aryl methyl sites for hydroxylation is 1. The highest BCUT2D eigenvalue weighted by Gasteiger charge is 2.19. The Labute approximate surface area is 195 Å². The Hall–Kier alpha value is -3.65. The van der Waals surface area contributed by atoms with E-state index in [1.807, 2.05) is 49.4 Å². The highest BCUT2D eigenvalue weighted by Crippen LogP contribution is 2.10. The average molecular weight is 466 g/mol. The van der Waals surface area contributed by atoms with Crippen LogP contribution in [0, 0.1) is 0 Å². The largest absolute Gasteiger partial charge is 0.354 e. The van der Waals surface area contributed by atoms with Crippen LogP contribution in [0.4, 0.5) is 0 Å². The molecule has 9 heteroatoms. The maximum absolute atomic E-state index is 13.3. The first-order valence-corrected chi connectivity index (χ1v) is 11.1. The lowest BCUT2D eigenvalue weighted by molar-refractivity contribution is -0.121. The van der Waals surface area contributed by atoms with Crippen LogP contribution in [-0.4, -0.2) is 31.1 Å². The van der Waals surface area contributed by atoms with Crippen LogP contribution in [0.5, 0.6) is 0 Å². The van der Waals surface area contributed by atoms with Crippen LogP contribution < -0.4 is 16.6 Å². The fourth-order valence-corrected chi connectivity index (χ4v) is 3.85. The number of carbonyl (C=O) groups excluding carboxylic acids is 1. The van der Waals surface area contributed by atoms with Gasteiger partial charge in [-0.25, -0.2) is 14.3 Å². The highest BCUT2D eigenvalue weighted by atomic mass is 35.5. The van der Waals surface area contributed by atoms with E-state index >= 15 is 0 Å². The van der Waals surface area contributed by atoms with Crippen molar-refractivity contribution in [1.82, 2.24) is 24.0 Å². The Kier molecular flexibility index (Phi) is 6.74. The fraction of sp³-hybridized carbons (Fsp3) is 0.250. The van der Waals surface area contributed by atoms with Crippen molar-refractivity contribution in [3.8, 4) is 0 Å². The number of fused-ring (bicyclic) bond motifs is 1. The summed E-state index contributed by atoms with van der Waals surface area (Å²) < 4.78 is 4.11. The Morgan fingerprint density at radius 1 is 1.00 bits per heavy atom. The number of carbonyl (C=O) groups is 1. The van der Waals surface area contributed by atoms with E-state index in [2.05, 4.69) is 10.3 Å². The molecule has 8 nitrogen and oxygen atoms in total. The van der Waals surface area contributed by atoms with Crippen molar-refractivity contribution in [2.75, 3.05) is 6.54 Å². The van der Waals surface area contributed by atoms with Gasteiger partial charge in [0.15, 0.2) is 11.2 Å². The molecule has 4 rings (SSSR count). The number of aromatic nitrogens is 4. The zero-order valence-corrected chi connectivity index (χ0v) is 19.0. The number of nitrogens with zero attached hydrogens (tertiary/aromatic N) is 4. The second-order valence-electron chi connectivity index (χ2n) is 7.67. The molecular weight excluding hydrogens is 442 g/mol. The van der Waals surface area contributed by atoms with Gasteiger partial charge >= 0.3 is 5.69 Å². The van der Waals surface area contributed by atoms with Gasteiger partial charge < -0.3 is 9.88 Å². The van der Waals surface area contributed by atoms with Gasteiger partial charge in [-0.2, -0.15) is 0 Å². The van der Waals surface area contributed by atoms with E-state index in [0.717, 1.165) is 15.7 Å². The average Bonchev–Trinajstić information content (AvgIpc) is 3.26. The molecule has 0 fully saturated rings. The molecule has 0 saturated carbocycles. The first-order chi connectivity index (χ1) is 16.0. The molecule has 0 bridgehead atoms. The lowest BCUT2D eigenvalue weighted by Gasteiger charge is -2.13. The Morgan fingerprint density at radius 3 is 2.42 bits per heavy atom. The molecule has 2 aromatic carbocycles. The molecule has 1 amide bonds. The zero-order chi connectivity index (χ0) is 23.4. The zero-order valence-electron chi connectivity index (χ0n) is 18.2. The van der Waals surface area contributed by atoms with Gasteiger partial charge in [0.25, 0.3) is 5.56 Å². The van der Waals surface area contributed by atoms with E-state index < -0.39 is 17.2 Å². The van der Waals surface area contributed by atoms with Crippen molar-refractivity contribution in [3.05, 3.63) is 97.9 Å². The van der Waals surface area contributed by atoms with Gasteiger partial charge in [0, 0.05) is 18.1 Å². The van der Waals surface area contributed by atoms with Gasteiger partial charge in [-0.3, -0.25) is 14.2 Å². The van der Waals surface area contributed by atoms with Crippen molar-refractivity contribution < 1.29 is 4.79 Å². The summed E-state index contributed by atoms with van der Waals surface area (Å²) in [6, 6.07) is 16.8. The summed E-state index contributed by atoms with van der Waals surface area (Å²) in [7, 11) is 0. The van der Waals surface area contributed by atoms with Gasteiger partial charge in [0.1, 0.15) is 6.54 Å². The van der Waals surface area contributed by atoms with Crippen LogP contribution in [0.25, 0.3) is 11.2 Å². The Morgan fingerprint density at radius 2 is 1.73 bits per heavy atom. The van der Waals surface area contributed by atoms with Gasteiger partial charge in [-0.1, -0.05) is 54.1 Å². The van der Waals surface area contributed by atoms with Crippen LogP contribution in [-0.2, 0) is 30.8 Å². The molecule has 2 heterocycles. The highest BCUT2D eigenvalue weighted by molar-refractivity contribution is 6.30. The lowest BCUT2D eigenvalue weighted by atomic mass is 10.1. The number of imidazole rings is 1. The third-order valence-corrected chi connectivity index (χ3v) is 5.71. The quantitative estimate of drug-likeness (QED) is 0.432. The van der Waals surface area contributed by atoms with E-state index in [1.165, 1.54) is 4.57 Å². The number of rotatable bonds is 8. The Balaban J connectivity index is 1.61. The maximum Gasteiger partial charge on any atom is 0.333 e. The normalized spacial score (nSPS) is 11.1. The molecule has 0 atom stereocenters. The SMILES string of the molecule is CCn1cnc2c1c(=O)n(CC(=O)NCCc1ccc(Cl)cc1)c(=O)n2Cc1ccccc1. The number of benzene rings is 2. The topological polar surface area (TPSA) is 90.9 Å².